The molecule has 0 radical (unpaired) electrons. The minimum atomic E-state index is -3.72. The highest BCUT2D eigenvalue weighted by Gasteiger charge is 2.16. The van der Waals surface area contributed by atoms with Gasteiger partial charge in [-0.1, -0.05) is 30.3 Å². The van der Waals surface area contributed by atoms with E-state index in [9.17, 15) is 12.8 Å². The zero-order chi connectivity index (χ0) is 21.1. The Morgan fingerprint density at radius 2 is 1.63 bits per heavy atom. The lowest BCUT2D eigenvalue weighted by molar-refractivity contribution is 0.581. The molecule has 1 N–H and O–H groups in total. The third-order valence-electron chi connectivity index (χ3n) is 4.66. The maximum Gasteiger partial charge on any atom is 0.240 e. The van der Waals surface area contributed by atoms with Crippen molar-refractivity contribution in [1.29, 1.82) is 0 Å². The Bertz CT molecular complexity index is 1270. The summed E-state index contributed by atoms with van der Waals surface area (Å²) >= 11 is 0. The lowest BCUT2D eigenvalue weighted by Crippen LogP contribution is -2.23. The molecule has 0 aliphatic carbocycles. The average Bonchev–Trinajstić information content (AvgIpc) is 3.19. The molecule has 30 heavy (non-hydrogen) atoms. The minimum Gasteiger partial charge on any atom is -0.275 e. The Hall–Kier alpha value is -3.36. The van der Waals surface area contributed by atoms with Crippen molar-refractivity contribution in [2.45, 2.75) is 11.4 Å². The number of aromatic nitrogens is 3. The SMILES string of the molecule is Cn1cc(-c2ncccc2CNS(=O)(=O)c2ccc(-c3ccc(F)cc3)cc2)cn1. The maximum absolute atomic E-state index is 13.1. The number of halogens is 1. The highest BCUT2D eigenvalue weighted by atomic mass is 32.2. The second kappa shape index (κ2) is 8.17. The summed E-state index contributed by atoms with van der Waals surface area (Å²) in [4.78, 5) is 4.53. The topological polar surface area (TPSA) is 76.9 Å². The summed E-state index contributed by atoms with van der Waals surface area (Å²) in [5.41, 5.74) is 3.86. The van der Waals surface area contributed by atoms with Gasteiger partial charge >= 0.3 is 0 Å². The van der Waals surface area contributed by atoms with E-state index in [2.05, 4.69) is 14.8 Å². The Kier molecular flexibility index (Phi) is 5.43. The zero-order valence-corrected chi connectivity index (χ0v) is 17.0. The molecule has 0 amide bonds. The monoisotopic (exact) mass is 422 g/mol. The molecule has 0 fully saturated rings. The van der Waals surface area contributed by atoms with Crippen molar-refractivity contribution in [2.75, 3.05) is 0 Å². The fraction of sp³-hybridized carbons (Fsp3) is 0.0909. The number of nitrogens with zero attached hydrogens (tertiary/aromatic N) is 3. The first-order valence-corrected chi connectivity index (χ1v) is 10.7. The quantitative estimate of drug-likeness (QED) is 0.513. The van der Waals surface area contributed by atoms with E-state index >= 15 is 0 Å². The number of benzene rings is 2. The lowest BCUT2D eigenvalue weighted by Gasteiger charge is -2.10. The summed E-state index contributed by atoms with van der Waals surface area (Å²) in [6.07, 6.45) is 5.18. The summed E-state index contributed by atoms with van der Waals surface area (Å²) in [5, 5.41) is 4.15. The van der Waals surface area contributed by atoms with Gasteiger partial charge in [0.1, 0.15) is 5.82 Å². The van der Waals surface area contributed by atoms with Crippen LogP contribution in [0.2, 0.25) is 0 Å². The fourth-order valence-electron chi connectivity index (χ4n) is 3.11. The molecule has 0 atom stereocenters. The number of pyridine rings is 1. The highest BCUT2D eigenvalue weighted by molar-refractivity contribution is 7.89. The van der Waals surface area contributed by atoms with Crippen LogP contribution in [0.1, 0.15) is 5.56 Å². The van der Waals surface area contributed by atoms with E-state index in [0.717, 1.165) is 22.3 Å². The summed E-state index contributed by atoms with van der Waals surface area (Å²) in [5.74, 6) is -0.316. The van der Waals surface area contributed by atoms with E-state index in [1.807, 2.05) is 19.3 Å². The molecule has 0 saturated carbocycles. The number of rotatable bonds is 6. The Morgan fingerprint density at radius 3 is 2.27 bits per heavy atom. The number of aryl methyl sites for hydroxylation is 1. The largest absolute Gasteiger partial charge is 0.275 e. The van der Waals surface area contributed by atoms with Gasteiger partial charge in [0.05, 0.1) is 16.8 Å². The summed E-state index contributed by atoms with van der Waals surface area (Å²) in [6, 6.07) is 16.1. The van der Waals surface area contributed by atoms with Crippen LogP contribution < -0.4 is 4.72 Å². The van der Waals surface area contributed by atoms with Crippen molar-refractivity contribution in [2.24, 2.45) is 7.05 Å². The molecule has 0 aliphatic rings. The molecule has 4 rings (SSSR count). The Labute approximate surface area is 174 Å². The summed E-state index contributed by atoms with van der Waals surface area (Å²) < 4.78 is 42.9. The summed E-state index contributed by atoms with van der Waals surface area (Å²) in [6.45, 7) is 0.0973. The Morgan fingerprint density at radius 1 is 0.967 bits per heavy atom. The van der Waals surface area contributed by atoms with Gasteiger partial charge < -0.3 is 0 Å². The van der Waals surface area contributed by atoms with Gasteiger partial charge in [-0.2, -0.15) is 5.10 Å². The molecule has 8 heteroatoms. The molecule has 0 spiro atoms. The van der Waals surface area contributed by atoms with Gasteiger partial charge in [-0.15, -0.1) is 0 Å². The van der Waals surface area contributed by atoms with E-state index in [0.29, 0.717) is 5.69 Å². The number of hydrogen-bond acceptors (Lipinski definition) is 4. The van der Waals surface area contributed by atoms with Gasteiger partial charge in [-0.25, -0.2) is 17.5 Å². The zero-order valence-electron chi connectivity index (χ0n) is 16.2. The van der Waals surface area contributed by atoms with Crippen LogP contribution >= 0.6 is 0 Å². The van der Waals surface area contributed by atoms with E-state index in [1.165, 1.54) is 24.3 Å². The normalized spacial score (nSPS) is 11.5. The maximum atomic E-state index is 13.1. The highest BCUT2D eigenvalue weighted by Crippen LogP contribution is 2.23. The first-order valence-electron chi connectivity index (χ1n) is 9.21. The van der Waals surface area contributed by atoms with Crippen molar-refractivity contribution < 1.29 is 12.8 Å². The lowest BCUT2D eigenvalue weighted by atomic mass is 10.1. The predicted octanol–water partition coefficient (Wildman–Crippen LogP) is 3.77. The van der Waals surface area contributed by atoms with Gasteiger partial charge in [-0.3, -0.25) is 9.67 Å². The number of hydrogen-bond donors (Lipinski definition) is 1. The second-order valence-corrected chi connectivity index (χ2v) is 8.54. The molecule has 0 unspecified atom stereocenters. The molecule has 152 valence electrons. The van der Waals surface area contributed by atoms with Crippen LogP contribution in [-0.4, -0.2) is 23.2 Å². The fourth-order valence-corrected chi connectivity index (χ4v) is 4.12. The van der Waals surface area contributed by atoms with E-state index in [4.69, 9.17) is 0 Å². The molecule has 2 aromatic heterocycles. The van der Waals surface area contributed by atoms with E-state index in [1.54, 1.807) is 47.4 Å². The molecule has 2 heterocycles. The molecule has 4 aromatic rings. The third kappa shape index (κ3) is 4.29. The van der Waals surface area contributed by atoms with Crippen molar-refractivity contribution in [3.8, 4) is 22.4 Å². The van der Waals surface area contributed by atoms with E-state index in [-0.39, 0.29) is 17.3 Å². The molecule has 0 aliphatic heterocycles. The van der Waals surface area contributed by atoms with Gasteiger partial charge in [0, 0.05) is 31.5 Å². The number of sulfonamides is 1. The van der Waals surface area contributed by atoms with Crippen LogP contribution in [0, 0.1) is 5.82 Å². The Balaban J connectivity index is 1.52. The standard InChI is InChI=1S/C22H19FN4O2S/c1-27-15-19(13-25-27)22-18(3-2-12-24-22)14-26-30(28,29)21-10-6-17(7-11-21)16-4-8-20(23)9-5-16/h2-13,15,26H,14H2,1H3. The molecule has 2 aromatic carbocycles. The predicted molar refractivity (Wildman–Crippen MR) is 112 cm³/mol. The van der Waals surface area contributed by atoms with Crippen LogP contribution in [0.25, 0.3) is 22.4 Å². The van der Waals surface area contributed by atoms with Crippen molar-refractivity contribution in [3.63, 3.8) is 0 Å². The van der Waals surface area contributed by atoms with Crippen molar-refractivity contribution >= 4 is 10.0 Å². The molecule has 0 bridgehead atoms. The molecule has 0 saturated heterocycles. The molecular formula is C22H19FN4O2S. The van der Waals surface area contributed by atoms with Crippen LogP contribution in [0.15, 0.2) is 84.1 Å². The first kappa shape index (κ1) is 19.9. The second-order valence-electron chi connectivity index (χ2n) is 6.77. The first-order chi connectivity index (χ1) is 14.4. The van der Waals surface area contributed by atoms with Crippen LogP contribution in [0.4, 0.5) is 4.39 Å². The molecular weight excluding hydrogens is 403 g/mol. The van der Waals surface area contributed by atoms with Crippen LogP contribution in [-0.2, 0) is 23.6 Å². The minimum absolute atomic E-state index is 0.0973. The van der Waals surface area contributed by atoms with Crippen molar-refractivity contribution in [1.82, 2.24) is 19.5 Å². The van der Waals surface area contributed by atoms with Gasteiger partial charge in [0.2, 0.25) is 10.0 Å². The van der Waals surface area contributed by atoms with Gasteiger partial charge in [0.15, 0.2) is 0 Å². The smallest absolute Gasteiger partial charge is 0.240 e. The van der Waals surface area contributed by atoms with Gasteiger partial charge in [0.25, 0.3) is 0 Å². The third-order valence-corrected chi connectivity index (χ3v) is 6.08. The van der Waals surface area contributed by atoms with E-state index < -0.39 is 10.0 Å². The molecule has 6 nitrogen and oxygen atoms in total. The average molecular weight is 422 g/mol. The van der Waals surface area contributed by atoms with Crippen LogP contribution in [0.3, 0.4) is 0 Å². The van der Waals surface area contributed by atoms with Crippen molar-refractivity contribution in [3.05, 3.63) is 90.6 Å². The van der Waals surface area contributed by atoms with Gasteiger partial charge in [-0.05, 0) is 47.0 Å². The number of nitrogens with one attached hydrogen (secondary N) is 1. The van der Waals surface area contributed by atoms with Crippen LogP contribution in [0.5, 0.6) is 0 Å². The summed E-state index contributed by atoms with van der Waals surface area (Å²) in [7, 11) is -1.91.